The first-order valence-corrected chi connectivity index (χ1v) is 8.42. The Labute approximate surface area is 138 Å². The van der Waals surface area contributed by atoms with Gasteiger partial charge < -0.3 is 15.2 Å². The van der Waals surface area contributed by atoms with Gasteiger partial charge in [0, 0.05) is 31.7 Å². The number of carbonyl (C=O) groups is 1. The molecule has 0 saturated carbocycles. The second kappa shape index (κ2) is 9.01. The van der Waals surface area contributed by atoms with Crippen LogP contribution in [-0.2, 0) is 9.53 Å². The van der Waals surface area contributed by atoms with Crippen LogP contribution in [0.5, 0.6) is 0 Å². The molecule has 1 amide bonds. The number of rotatable bonds is 7. The normalized spacial score (nSPS) is 17.2. The van der Waals surface area contributed by atoms with Crippen molar-refractivity contribution in [1.29, 1.82) is 0 Å². The monoisotopic (exact) mass is 320 g/mol. The maximum Gasteiger partial charge on any atom is 0.224 e. The molecule has 0 spiro atoms. The van der Waals surface area contributed by atoms with Gasteiger partial charge in [-0.1, -0.05) is 26.0 Å². The van der Waals surface area contributed by atoms with Crippen LogP contribution in [0.3, 0.4) is 0 Å². The molecule has 5 heteroatoms. The molecule has 1 fully saturated rings. The van der Waals surface area contributed by atoms with Crippen LogP contribution in [0.25, 0.3) is 0 Å². The third-order valence-corrected chi connectivity index (χ3v) is 4.00. The van der Waals surface area contributed by atoms with Gasteiger partial charge in [0.25, 0.3) is 0 Å². The molecule has 0 radical (unpaired) electrons. The highest BCUT2D eigenvalue weighted by Crippen LogP contribution is 2.20. The number of nitrogens with one attached hydrogen (secondary N) is 1. The number of amides is 1. The van der Waals surface area contributed by atoms with E-state index in [0.29, 0.717) is 18.8 Å². The van der Waals surface area contributed by atoms with Crippen molar-refractivity contribution in [2.24, 2.45) is 5.92 Å². The van der Waals surface area contributed by atoms with Crippen molar-refractivity contribution in [2.75, 3.05) is 38.2 Å². The summed E-state index contributed by atoms with van der Waals surface area (Å²) in [5, 5.41) is 13.2. The van der Waals surface area contributed by atoms with Crippen molar-refractivity contribution < 1.29 is 14.6 Å². The Morgan fingerprint density at radius 3 is 2.52 bits per heavy atom. The first-order valence-electron chi connectivity index (χ1n) is 8.42. The Balaban J connectivity index is 1.79. The van der Waals surface area contributed by atoms with Crippen LogP contribution in [0.1, 0.15) is 38.4 Å². The van der Waals surface area contributed by atoms with Gasteiger partial charge in [0.15, 0.2) is 0 Å². The van der Waals surface area contributed by atoms with Crippen molar-refractivity contribution in [3.63, 3.8) is 0 Å². The highest BCUT2D eigenvalue weighted by molar-refractivity contribution is 5.90. The van der Waals surface area contributed by atoms with Crippen molar-refractivity contribution >= 4 is 11.6 Å². The minimum absolute atomic E-state index is 0.0283. The summed E-state index contributed by atoms with van der Waals surface area (Å²) in [6.45, 7) is 8.35. The number of anilines is 1. The van der Waals surface area contributed by atoms with Crippen LogP contribution in [0.4, 0.5) is 5.69 Å². The molecule has 0 aromatic heterocycles. The van der Waals surface area contributed by atoms with E-state index in [0.717, 1.165) is 44.1 Å². The van der Waals surface area contributed by atoms with Crippen LogP contribution in [0.15, 0.2) is 24.3 Å². The molecule has 1 aliphatic heterocycles. The Morgan fingerprint density at radius 2 is 1.91 bits per heavy atom. The minimum Gasteiger partial charge on any atom is -0.388 e. The van der Waals surface area contributed by atoms with E-state index in [2.05, 4.69) is 10.2 Å². The molecule has 1 saturated heterocycles. The Hall–Kier alpha value is -1.43. The van der Waals surface area contributed by atoms with Gasteiger partial charge in [-0.15, -0.1) is 0 Å². The number of benzene rings is 1. The van der Waals surface area contributed by atoms with E-state index in [1.165, 1.54) is 0 Å². The SMILES string of the molecule is CC(C)CC(=O)Nc1ccc(C(O)CCN2CCOCC2)cc1. The smallest absolute Gasteiger partial charge is 0.224 e. The molecular weight excluding hydrogens is 292 g/mol. The Bertz CT molecular complexity index is 482. The average Bonchev–Trinajstić information content (AvgIpc) is 2.53. The maximum atomic E-state index is 11.7. The standard InChI is InChI=1S/C18H28N2O3/c1-14(2)13-18(22)19-16-5-3-15(4-6-16)17(21)7-8-20-9-11-23-12-10-20/h3-6,14,17,21H,7-13H2,1-2H3,(H,19,22). The van der Waals surface area contributed by atoms with Gasteiger partial charge in [-0.2, -0.15) is 0 Å². The zero-order valence-corrected chi connectivity index (χ0v) is 14.1. The van der Waals surface area contributed by atoms with E-state index >= 15 is 0 Å². The number of aliphatic hydroxyl groups is 1. The van der Waals surface area contributed by atoms with Gasteiger partial charge >= 0.3 is 0 Å². The lowest BCUT2D eigenvalue weighted by molar-refractivity contribution is -0.116. The van der Waals surface area contributed by atoms with Crippen molar-refractivity contribution in [1.82, 2.24) is 4.90 Å². The summed E-state index contributed by atoms with van der Waals surface area (Å²) in [5.41, 5.74) is 1.67. The Kier molecular flexibility index (Phi) is 7.02. The molecule has 0 bridgehead atoms. The molecule has 2 N–H and O–H groups in total. The zero-order chi connectivity index (χ0) is 16.7. The van der Waals surface area contributed by atoms with E-state index in [4.69, 9.17) is 4.74 Å². The number of hydrogen-bond donors (Lipinski definition) is 2. The molecule has 1 aromatic carbocycles. The van der Waals surface area contributed by atoms with Crippen LogP contribution in [0.2, 0.25) is 0 Å². The fourth-order valence-corrected chi connectivity index (χ4v) is 2.67. The molecule has 128 valence electrons. The number of nitrogens with zero attached hydrogens (tertiary/aromatic N) is 1. The Morgan fingerprint density at radius 1 is 1.26 bits per heavy atom. The van der Waals surface area contributed by atoms with Crippen LogP contribution in [0, 0.1) is 5.92 Å². The van der Waals surface area contributed by atoms with E-state index < -0.39 is 6.10 Å². The van der Waals surface area contributed by atoms with Crippen LogP contribution < -0.4 is 5.32 Å². The quantitative estimate of drug-likeness (QED) is 0.810. The number of morpholine rings is 1. The fraction of sp³-hybridized carbons (Fsp3) is 0.611. The van der Waals surface area contributed by atoms with Gasteiger partial charge in [-0.3, -0.25) is 9.69 Å². The van der Waals surface area contributed by atoms with Crippen molar-refractivity contribution in [3.05, 3.63) is 29.8 Å². The lowest BCUT2D eigenvalue weighted by Gasteiger charge is -2.27. The summed E-state index contributed by atoms with van der Waals surface area (Å²) < 4.78 is 5.32. The predicted octanol–water partition coefficient (Wildman–Crippen LogP) is 2.43. The number of ether oxygens (including phenoxy) is 1. The molecule has 5 nitrogen and oxygen atoms in total. The predicted molar refractivity (Wildman–Crippen MR) is 91.4 cm³/mol. The van der Waals surface area contributed by atoms with Gasteiger partial charge in [0.05, 0.1) is 19.3 Å². The summed E-state index contributed by atoms with van der Waals surface area (Å²) in [7, 11) is 0. The molecule has 1 heterocycles. The van der Waals surface area contributed by atoms with Gasteiger partial charge in [-0.05, 0) is 30.0 Å². The number of aliphatic hydroxyl groups excluding tert-OH is 1. The van der Waals surface area contributed by atoms with Crippen molar-refractivity contribution in [2.45, 2.75) is 32.8 Å². The lowest BCUT2D eigenvalue weighted by Crippen LogP contribution is -2.37. The molecule has 1 unspecified atom stereocenters. The number of hydrogen-bond acceptors (Lipinski definition) is 4. The van der Waals surface area contributed by atoms with Gasteiger partial charge in [-0.25, -0.2) is 0 Å². The van der Waals surface area contributed by atoms with Gasteiger partial charge in [0.2, 0.25) is 5.91 Å². The zero-order valence-electron chi connectivity index (χ0n) is 14.1. The summed E-state index contributed by atoms with van der Waals surface area (Å²) in [6.07, 6.45) is 0.751. The molecule has 1 aliphatic rings. The summed E-state index contributed by atoms with van der Waals surface area (Å²) in [4.78, 5) is 14.1. The summed E-state index contributed by atoms with van der Waals surface area (Å²) in [6, 6.07) is 7.47. The molecular formula is C18H28N2O3. The van der Waals surface area contributed by atoms with Crippen LogP contribution in [-0.4, -0.2) is 48.8 Å². The summed E-state index contributed by atoms with van der Waals surface area (Å²) >= 11 is 0. The van der Waals surface area contributed by atoms with Crippen LogP contribution >= 0.6 is 0 Å². The first kappa shape index (κ1) is 17.9. The third-order valence-electron chi connectivity index (χ3n) is 4.00. The topological polar surface area (TPSA) is 61.8 Å². The minimum atomic E-state index is -0.474. The molecule has 2 rings (SSSR count). The highest BCUT2D eigenvalue weighted by atomic mass is 16.5. The van der Waals surface area contributed by atoms with E-state index in [1.54, 1.807) is 0 Å². The van der Waals surface area contributed by atoms with E-state index in [9.17, 15) is 9.90 Å². The highest BCUT2D eigenvalue weighted by Gasteiger charge is 2.14. The molecule has 1 atom stereocenters. The third kappa shape index (κ3) is 6.29. The lowest BCUT2D eigenvalue weighted by atomic mass is 10.1. The largest absolute Gasteiger partial charge is 0.388 e. The fourth-order valence-electron chi connectivity index (χ4n) is 2.67. The maximum absolute atomic E-state index is 11.7. The van der Waals surface area contributed by atoms with E-state index in [1.807, 2.05) is 38.1 Å². The molecule has 0 aliphatic carbocycles. The second-order valence-corrected chi connectivity index (χ2v) is 6.53. The van der Waals surface area contributed by atoms with E-state index in [-0.39, 0.29) is 5.91 Å². The first-order chi connectivity index (χ1) is 11.0. The number of carbonyl (C=O) groups excluding carboxylic acids is 1. The second-order valence-electron chi connectivity index (χ2n) is 6.53. The van der Waals surface area contributed by atoms with Crippen molar-refractivity contribution in [3.8, 4) is 0 Å². The average molecular weight is 320 g/mol. The molecule has 23 heavy (non-hydrogen) atoms. The van der Waals surface area contributed by atoms with Gasteiger partial charge in [0.1, 0.15) is 0 Å². The summed E-state index contributed by atoms with van der Waals surface area (Å²) in [5.74, 6) is 0.372. The molecule has 1 aromatic rings.